The zero-order valence-electron chi connectivity index (χ0n) is 13.8. The summed E-state index contributed by atoms with van der Waals surface area (Å²) < 4.78 is 0. The van der Waals surface area contributed by atoms with Gasteiger partial charge in [-0.05, 0) is 37.1 Å². The normalized spacial score (nSPS) is 11.8. The molecule has 1 rings (SSSR count). The van der Waals surface area contributed by atoms with Crippen molar-refractivity contribution in [2.24, 2.45) is 11.7 Å². The number of amides is 2. The van der Waals surface area contributed by atoms with Gasteiger partial charge in [0.2, 0.25) is 5.91 Å². The second-order valence-electron chi connectivity index (χ2n) is 5.50. The molecule has 22 heavy (non-hydrogen) atoms. The molecule has 0 spiro atoms. The predicted molar refractivity (Wildman–Crippen MR) is 89.8 cm³/mol. The van der Waals surface area contributed by atoms with Crippen LogP contribution in [0.4, 0.5) is 5.69 Å². The number of rotatable bonds is 8. The van der Waals surface area contributed by atoms with E-state index in [1.54, 1.807) is 31.2 Å². The van der Waals surface area contributed by atoms with Crippen molar-refractivity contribution in [2.45, 2.75) is 33.6 Å². The smallest absolute Gasteiger partial charge is 0.253 e. The molecule has 1 atom stereocenters. The quantitative estimate of drug-likeness (QED) is 0.774. The molecule has 0 aliphatic carbocycles. The van der Waals surface area contributed by atoms with Gasteiger partial charge < -0.3 is 16.0 Å². The van der Waals surface area contributed by atoms with Crippen molar-refractivity contribution in [1.29, 1.82) is 0 Å². The second kappa shape index (κ2) is 9.20. The fourth-order valence-corrected chi connectivity index (χ4v) is 2.11. The van der Waals surface area contributed by atoms with Crippen LogP contribution in [0, 0.1) is 5.92 Å². The molecule has 0 aliphatic heterocycles. The van der Waals surface area contributed by atoms with Gasteiger partial charge in [-0.1, -0.05) is 20.8 Å². The molecule has 5 heteroatoms. The number of nitrogens with two attached hydrogens (primary N) is 1. The number of carbonyl (C=O) groups is 2. The van der Waals surface area contributed by atoms with Crippen LogP contribution in [0.25, 0.3) is 0 Å². The van der Waals surface area contributed by atoms with Gasteiger partial charge in [0.25, 0.3) is 5.91 Å². The number of hydrogen-bond donors (Lipinski definition) is 2. The number of hydrogen-bond acceptors (Lipinski definition) is 3. The van der Waals surface area contributed by atoms with E-state index in [-0.39, 0.29) is 17.7 Å². The average Bonchev–Trinajstić information content (AvgIpc) is 2.53. The summed E-state index contributed by atoms with van der Waals surface area (Å²) in [6, 6.07) is 7.02. The van der Waals surface area contributed by atoms with Gasteiger partial charge in [0.15, 0.2) is 0 Å². The highest BCUT2D eigenvalue weighted by molar-refractivity contribution is 5.96. The van der Waals surface area contributed by atoms with Crippen molar-refractivity contribution in [3.05, 3.63) is 29.8 Å². The Kier molecular flexibility index (Phi) is 7.60. The van der Waals surface area contributed by atoms with Crippen LogP contribution in [-0.2, 0) is 4.79 Å². The first-order valence-electron chi connectivity index (χ1n) is 7.93. The Hall–Kier alpha value is -1.88. The summed E-state index contributed by atoms with van der Waals surface area (Å²) in [6.45, 7) is 7.74. The number of nitrogens with zero attached hydrogens (tertiary/aromatic N) is 1. The van der Waals surface area contributed by atoms with E-state index in [1.165, 1.54) is 0 Å². The largest absolute Gasteiger partial charge is 0.339 e. The third-order valence-corrected chi connectivity index (χ3v) is 3.47. The first-order valence-corrected chi connectivity index (χ1v) is 7.93. The van der Waals surface area contributed by atoms with Gasteiger partial charge in [0.1, 0.15) is 0 Å². The molecular weight excluding hydrogens is 278 g/mol. The summed E-state index contributed by atoms with van der Waals surface area (Å²) >= 11 is 0. The van der Waals surface area contributed by atoms with E-state index in [2.05, 4.69) is 19.2 Å². The predicted octanol–water partition coefficient (Wildman–Crippen LogP) is 2.48. The molecule has 0 aromatic heterocycles. The minimum atomic E-state index is -0.231. The summed E-state index contributed by atoms with van der Waals surface area (Å²) in [5, 5.41) is 2.79. The van der Waals surface area contributed by atoms with Gasteiger partial charge in [-0.2, -0.15) is 0 Å². The van der Waals surface area contributed by atoms with Crippen LogP contribution < -0.4 is 11.1 Å². The standard InChI is InChI=1S/C17H27N3O2/c1-4-10-20(11-5-2)17(22)14-6-8-15(9-7-14)19-16(21)13(3)12-18/h6-9,13H,4-5,10-12,18H2,1-3H3,(H,19,21). The van der Waals surface area contributed by atoms with E-state index in [0.29, 0.717) is 17.8 Å². The topological polar surface area (TPSA) is 75.4 Å². The first kappa shape index (κ1) is 18.2. The zero-order valence-corrected chi connectivity index (χ0v) is 13.8. The fraction of sp³-hybridized carbons (Fsp3) is 0.529. The van der Waals surface area contributed by atoms with E-state index < -0.39 is 0 Å². The highest BCUT2D eigenvalue weighted by Crippen LogP contribution is 2.13. The third-order valence-electron chi connectivity index (χ3n) is 3.47. The lowest BCUT2D eigenvalue weighted by atomic mass is 10.1. The minimum Gasteiger partial charge on any atom is -0.339 e. The van der Waals surface area contributed by atoms with Crippen molar-refractivity contribution in [3.63, 3.8) is 0 Å². The van der Waals surface area contributed by atoms with Crippen LogP contribution in [0.3, 0.4) is 0 Å². The van der Waals surface area contributed by atoms with Gasteiger partial charge in [-0.25, -0.2) is 0 Å². The van der Waals surface area contributed by atoms with Crippen LogP contribution in [-0.4, -0.2) is 36.3 Å². The summed E-state index contributed by atoms with van der Waals surface area (Å²) in [5.74, 6) is -0.303. The summed E-state index contributed by atoms with van der Waals surface area (Å²) in [5.41, 5.74) is 6.79. The van der Waals surface area contributed by atoms with Crippen molar-refractivity contribution in [2.75, 3.05) is 25.0 Å². The molecule has 2 amide bonds. The Morgan fingerprint density at radius 3 is 2.14 bits per heavy atom. The Morgan fingerprint density at radius 1 is 1.14 bits per heavy atom. The minimum absolute atomic E-state index is 0.0388. The van der Waals surface area contributed by atoms with Crippen LogP contribution in [0.1, 0.15) is 44.0 Å². The maximum atomic E-state index is 12.4. The van der Waals surface area contributed by atoms with Crippen LogP contribution >= 0.6 is 0 Å². The molecule has 0 bridgehead atoms. The van der Waals surface area contributed by atoms with E-state index >= 15 is 0 Å². The average molecular weight is 305 g/mol. The highest BCUT2D eigenvalue weighted by atomic mass is 16.2. The number of nitrogens with one attached hydrogen (secondary N) is 1. The summed E-state index contributed by atoms with van der Waals surface area (Å²) in [4.78, 5) is 26.1. The molecule has 1 unspecified atom stereocenters. The molecule has 0 saturated heterocycles. The van der Waals surface area contributed by atoms with Gasteiger partial charge in [-0.3, -0.25) is 9.59 Å². The van der Waals surface area contributed by atoms with Crippen molar-refractivity contribution < 1.29 is 9.59 Å². The Labute approximate surface area is 132 Å². The zero-order chi connectivity index (χ0) is 16.5. The highest BCUT2D eigenvalue weighted by Gasteiger charge is 2.15. The molecule has 0 radical (unpaired) electrons. The SMILES string of the molecule is CCCN(CCC)C(=O)c1ccc(NC(=O)C(C)CN)cc1. The van der Waals surface area contributed by atoms with Gasteiger partial charge >= 0.3 is 0 Å². The van der Waals surface area contributed by atoms with Crippen molar-refractivity contribution >= 4 is 17.5 Å². The van der Waals surface area contributed by atoms with Crippen LogP contribution in [0.5, 0.6) is 0 Å². The number of anilines is 1. The van der Waals surface area contributed by atoms with Gasteiger partial charge in [-0.15, -0.1) is 0 Å². The van der Waals surface area contributed by atoms with Gasteiger partial charge in [0, 0.05) is 36.8 Å². The number of carbonyl (C=O) groups excluding carboxylic acids is 2. The first-order chi connectivity index (χ1) is 10.5. The van der Waals surface area contributed by atoms with Crippen molar-refractivity contribution in [1.82, 2.24) is 4.90 Å². The Balaban J connectivity index is 2.74. The van der Waals surface area contributed by atoms with E-state index in [9.17, 15) is 9.59 Å². The van der Waals surface area contributed by atoms with E-state index in [4.69, 9.17) is 5.73 Å². The Bertz CT molecular complexity index is 479. The molecule has 1 aromatic carbocycles. The lowest BCUT2D eigenvalue weighted by Gasteiger charge is -2.21. The summed E-state index contributed by atoms with van der Waals surface area (Å²) in [7, 11) is 0. The molecule has 1 aromatic rings. The monoisotopic (exact) mass is 305 g/mol. The molecule has 0 fully saturated rings. The molecular formula is C17H27N3O2. The Morgan fingerprint density at radius 2 is 1.68 bits per heavy atom. The molecule has 122 valence electrons. The van der Waals surface area contributed by atoms with Gasteiger partial charge in [0.05, 0.1) is 0 Å². The number of benzene rings is 1. The lowest BCUT2D eigenvalue weighted by molar-refractivity contribution is -0.119. The second-order valence-corrected chi connectivity index (χ2v) is 5.50. The molecule has 0 heterocycles. The van der Waals surface area contributed by atoms with E-state index in [0.717, 1.165) is 25.9 Å². The molecule has 3 N–H and O–H groups in total. The lowest BCUT2D eigenvalue weighted by Crippen LogP contribution is -2.32. The molecule has 5 nitrogen and oxygen atoms in total. The van der Waals surface area contributed by atoms with Crippen molar-refractivity contribution in [3.8, 4) is 0 Å². The fourth-order valence-electron chi connectivity index (χ4n) is 2.11. The third kappa shape index (κ3) is 5.15. The molecule has 0 aliphatic rings. The molecule has 0 saturated carbocycles. The van der Waals surface area contributed by atoms with E-state index in [1.807, 2.05) is 4.90 Å². The van der Waals surface area contributed by atoms with Crippen LogP contribution in [0.15, 0.2) is 24.3 Å². The summed E-state index contributed by atoms with van der Waals surface area (Å²) in [6.07, 6.45) is 1.88. The maximum absolute atomic E-state index is 12.4. The maximum Gasteiger partial charge on any atom is 0.253 e. The van der Waals surface area contributed by atoms with Crippen LogP contribution in [0.2, 0.25) is 0 Å².